The van der Waals surface area contributed by atoms with Crippen LogP contribution in [0.3, 0.4) is 0 Å². The molecule has 0 saturated carbocycles. The van der Waals surface area contributed by atoms with Gasteiger partial charge in [-0.25, -0.2) is 0 Å². The van der Waals surface area contributed by atoms with Gasteiger partial charge in [-0.15, -0.1) is 0 Å². The first-order chi connectivity index (χ1) is 14.2. The Kier molecular flexibility index (Phi) is 4.86. The Labute approximate surface area is 172 Å². The normalized spacial score (nSPS) is 25.4. The van der Waals surface area contributed by atoms with Crippen molar-refractivity contribution in [1.82, 2.24) is 14.8 Å². The van der Waals surface area contributed by atoms with Crippen molar-refractivity contribution in [3.8, 4) is 0 Å². The van der Waals surface area contributed by atoms with Gasteiger partial charge < -0.3 is 0 Å². The summed E-state index contributed by atoms with van der Waals surface area (Å²) in [5, 5.41) is 4.13. The molecule has 8 nitrogen and oxygen atoms in total. The number of fused-ring (bicyclic) bond motifs is 1. The predicted molar refractivity (Wildman–Crippen MR) is 106 cm³/mol. The first kappa shape index (κ1) is 18.7. The fourth-order valence-electron chi connectivity index (χ4n) is 3.89. The summed E-state index contributed by atoms with van der Waals surface area (Å²) in [6.07, 6.45) is 1.38. The Bertz CT molecular complexity index is 974. The van der Waals surface area contributed by atoms with Gasteiger partial charge in [-0.05, 0) is 0 Å². The van der Waals surface area contributed by atoms with Crippen molar-refractivity contribution in [1.29, 1.82) is 0 Å². The average molecular weight is 499 g/mol. The fraction of sp³-hybridized carbons (Fsp3) is 0.250. The van der Waals surface area contributed by atoms with Crippen molar-refractivity contribution < 1.29 is 15.7 Å². The van der Waals surface area contributed by atoms with Crippen molar-refractivity contribution in [2.75, 3.05) is 6.61 Å². The molecule has 2 N–H and O–H groups in total. The summed E-state index contributed by atoms with van der Waals surface area (Å²) in [5.74, 6) is -0.690. The van der Waals surface area contributed by atoms with Gasteiger partial charge in [0.15, 0.2) is 0 Å². The molecule has 2 aliphatic rings. The van der Waals surface area contributed by atoms with Crippen LogP contribution in [0, 0.1) is 0 Å². The minimum atomic E-state index is -3.81. The Morgan fingerprint density at radius 3 is 2.28 bits per heavy atom. The predicted octanol–water partition coefficient (Wildman–Crippen LogP) is 0.336. The van der Waals surface area contributed by atoms with Crippen LogP contribution in [0.15, 0.2) is 67.0 Å². The van der Waals surface area contributed by atoms with Crippen LogP contribution in [-0.4, -0.2) is 58.7 Å². The molecule has 29 heavy (non-hydrogen) atoms. The van der Waals surface area contributed by atoms with Gasteiger partial charge in [-0.3, -0.25) is 0 Å². The molecule has 3 aromatic rings. The molecule has 0 unspecified atom stereocenters. The Balaban J connectivity index is 1.45. The molecule has 2 saturated heterocycles. The van der Waals surface area contributed by atoms with Crippen LogP contribution in [0.5, 0.6) is 0 Å². The van der Waals surface area contributed by atoms with Gasteiger partial charge >= 0.3 is 173 Å². The van der Waals surface area contributed by atoms with Gasteiger partial charge in [0, 0.05) is 0 Å². The second-order valence-corrected chi connectivity index (χ2v) is 15.4. The Morgan fingerprint density at radius 1 is 1.03 bits per heavy atom. The van der Waals surface area contributed by atoms with E-state index in [-0.39, 0.29) is 24.3 Å². The van der Waals surface area contributed by atoms with Crippen LogP contribution in [0.4, 0.5) is 0 Å². The topological polar surface area (TPSA) is 101 Å². The third kappa shape index (κ3) is 3.35. The van der Waals surface area contributed by atoms with E-state index in [2.05, 4.69) is 34.3 Å². The van der Waals surface area contributed by atoms with E-state index in [0.717, 1.165) is 7.16 Å². The number of carbonyl (C=O) groups excluding carboxylic acids is 1. The van der Waals surface area contributed by atoms with Gasteiger partial charge in [0.25, 0.3) is 0 Å². The summed E-state index contributed by atoms with van der Waals surface area (Å²) in [4.78, 5) is 15.2. The molecule has 0 radical (unpaired) electrons. The molecule has 3 heterocycles. The number of hydrogen-bond acceptors (Lipinski definition) is 6. The number of amides is 1. The molecule has 3 atom stereocenters. The molecule has 2 fully saturated rings. The van der Waals surface area contributed by atoms with Crippen LogP contribution in [-0.2, 0) is 10.9 Å². The number of hydrogen-bond donors (Lipinski definition) is 1. The molecule has 0 spiro atoms. The van der Waals surface area contributed by atoms with E-state index < -0.39 is 25.1 Å². The molecule has 0 aliphatic carbocycles. The molecule has 2 aromatic carbocycles. The summed E-state index contributed by atoms with van der Waals surface area (Å²) in [6.45, 7) is 0.457. The monoisotopic (exact) mass is 500 g/mol. The third-order valence-electron chi connectivity index (χ3n) is 5.28. The van der Waals surface area contributed by atoms with E-state index in [4.69, 9.17) is 16.6 Å². The van der Waals surface area contributed by atoms with Crippen molar-refractivity contribution in [2.24, 2.45) is 5.73 Å². The second-order valence-electron chi connectivity index (χ2n) is 7.09. The van der Waals surface area contributed by atoms with Crippen LogP contribution in [0.25, 0.3) is 0 Å². The number of ether oxygens (including phenoxy) is 1. The number of carbonyl (C=O) groups is 1. The number of aromatic nitrogens is 3. The van der Waals surface area contributed by atoms with Crippen LogP contribution in [0.1, 0.15) is 23.3 Å². The van der Waals surface area contributed by atoms with Gasteiger partial charge in [-0.1, -0.05) is 0 Å². The number of nitrogens with two attached hydrogens (primary N) is 1. The molecule has 9 heteroatoms. The molecule has 1 aromatic heterocycles. The summed E-state index contributed by atoms with van der Waals surface area (Å²) < 4.78 is 23.2. The second kappa shape index (κ2) is 7.52. The van der Waals surface area contributed by atoms with Crippen molar-refractivity contribution >= 4 is 32.3 Å². The quantitative estimate of drug-likeness (QED) is 0.520. The van der Waals surface area contributed by atoms with Crippen LogP contribution >= 0.6 is 0 Å². The van der Waals surface area contributed by atoms with E-state index in [9.17, 15) is 4.79 Å². The average Bonchev–Trinajstić information content (AvgIpc) is 3.41. The first-order valence-electron chi connectivity index (χ1n) is 9.45. The maximum atomic E-state index is 11.3. The molecule has 5 rings (SSSR count). The number of primary amides is 1. The first-order valence-corrected chi connectivity index (χ1v) is 14.6. The molecule has 148 valence electrons. The maximum absolute atomic E-state index is 11.3. The number of rotatable bonds is 4. The summed E-state index contributed by atoms with van der Waals surface area (Å²) >= 11 is -3.81. The molecule has 2 aliphatic heterocycles. The fourth-order valence-corrected chi connectivity index (χ4v) is 13.4. The van der Waals surface area contributed by atoms with Crippen molar-refractivity contribution in [3.05, 3.63) is 72.8 Å². The van der Waals surface area contributed by atoms with E-state index >= 15 is 0 Å². The zero-order valence-electron chi connectivity index (χ0n) is 15.5. The van der Waals surface area contributed by atoms with Gasteiger partial charge in [0.2, 0.25) is 0 Å². The summed E-state index contributed by atoms with van der Waals surface area (Å²) in [7, 11) is 0. The molecular formula is C20H20N4O4Sn. The zero-order chi connectivity index (χ0) is 19.8. The SMILES string of the molecule is NC(=O)c1ncn([C@@H]2C[C@H]3[O][Sn]([c]4ccccc4)([c]4ccccc4)[O]C[C@H]3O2)n1. The van der Waals surface area contributed by atoms with Crippen LogP contribution in [0.2, 0.25) is 0 Å². The van der Waals surface area contributed by atoms with Crippen molar-refractivity contribution in [3.63, 3.8) is 0 Å². The minimum absolute atomic E-state index is 0.0252. The molecular weight excluding hydrogens is 479 g/mol. The van der Waals surface area contributed by atoms with E-state index in [1.54, 1.807) is 0 Å². The van der Waals surface area contributed by atoms with E-state index in [1.165, 1.54) is 11.0 Å². The number of benzene rings is 2. The van der Waals surface area contributed by atoms with Gasteiger partial charge in [0.1, 0.15) is 0 Å². The van der Waals surface area contributed by atoms with E-state index in [1.807, 2.05) is 36.4 Å². The van der Waals surface area contributed by atoms with Gasteiger partial charge in [-0.2, -0.15) is 0 Å². The standard InChI is InChI=1S/C8H10N4O4.2C6H5.Sn/c9-7(15)8-10-3-12(11-8)6-1-4(14)5(2-13)16-6;2*1-2-4-6-5-3-1;/h3-6H,1-2H2,(H2,9,15);2*1-5H;/q-2;;;+2/t4-,5-,6+;;;/m1.../s1. The van der Waals surface area contributed by atoms with Crippen molar-refractivity contribution in [2.45, 2.75) is 24.9 Å². The Hall–Kier alpha value is -2.27. The zero-order valence-corrected chi connectivity index (χ0v) is 18.4. The third-order valence-corrected chi connectivity index (χ3v) is 15.0. The Morgan fingerprint density at radius 2 is 1.69 bits per heavy atom. The molecule has 0 bridgehead atoms. The van der Waals surface area contributed by atoms with Gasteiger partial charge in [0.05, 0.1) is 0 Å². The summed E-state index contributed by atoms with van der Waals surface area (Å²) in [6, 6.07) is 20.4. The summed E-state index contributed by atoms with van der Waals surface area (Å²) in [5.41, 5.74) is 5.25. The number of nitrogens with zero attached hydrogens (tertiary/aromatic N) is 3. The van der Waals surface area contributed by atoms with E-state index in [0.29, 0.717) is 13.0 Å². The molecule has 1 amide bonds. The van der Waals surface area contributed by atoms with Crippen LogP contribution < -0.4 is 12.9 Å².